The molecule has 0 unspecified atom stereocenters. The minimum Gasteiger partial charge on any atom is -0.394 e. The standard InChI is InChI=1S/C18H19Cl2N5O4/c19-13-2-1-10(3-14(13)20)4-21-18-23-15-5-22-25(16(15)17(27)24-18)6-11-8-29-12(7-26)9-28-11/h1-3,5,11-12,26H,4,6-9H2,(H2,21,23,24,27)/t11-,12-/m1/s1. The molecular formula is C18H19Cl2N5O4. The summed E-state index contributed by atoms with van der Waals surface area (Å²) in [6, 6.07) is 5.30. The number of aliphatic hydroxyl groups excluding tert-OH is 1. The van der Waals surface area contributed by atoms with Crippen LogP contribution in [0.1, 0.15) is 5.56 Å². The molecule has 2 atom stereocenters. The zero-order valence-corrected chi connectivity index (χ0v) is 16.8. The van der Waals surface area contributed by atoms with Gasteiger partial charge in [-0.25, -0.2) is 4.98 Å². The number of halogens is 2. The molecule has 0 amide bonds. The second-order valence-electron chi connectivity index (χ2n) is 6.67. The van der Waals surface area contributed by atoms with E-state index in [1.807, 2.05) is 6.07 Å². The minimum absolute atomic E-state index is 0.0843. The molecule has 0 aliphatic carbocycles. The van der Waals surface area contributed by atoms with Crippen molar-refractivity contribution in [3.8, 4) is 0 Å². The van der Waals surface area contributed by atoms with Crippen molar-refractivity contribution in [2.45, 2.75) is 25.3 Å². The lowest BCUT2D eigenvalue weighted by atomic mass is 10.2. The minimum atomic E-state index is -0.311. The number of fused-ring (bicyclic) bond motifs is 1. The van der Waals surface area contributed by atoms with E-state index in [2.05, 4.69) is 20.4 Å². The van der Waals surface area contributed by atoms with Crippen LogP contribution in [-0.2, 0) is 22.6 Å². The number of rotatable bonds is 6. The van der Waals surface area contributed by atoms with Crippen LogP contribution in [0.5, 0.6) is 0 Å². The zero-order valence-electron chi connectivity index (χ0n) is 15.3. The summed E-state index contributed by atoms with van der Waals surface area (Å²) < 4.78 is 12.7. The first kappa shape index (κ1) is 20.1. The summed E-state index contributed by atoms with van der Waals surface area (Å²) in [6.45, 7) is 1.30. The molecule has 0 radical (unpaired) electrons. The first-order chi connectivity index (χ1) is 14.0. The summed E-state index contributed by atoms with van der Waals surface area (Å²) in [6.07, 6.45) is 0.970. The fourth-order valence-electron chi connectivity index (χ4n) is 3.05. The highest BCUT2D eigenvalue weighted by atomic mass is 35.5. The number of anilines is 1. The Morgan fingerprint density at radius 3 is 2.76 bits per heavy atom. The summed E-state index contributed by atoms with van der Waals surface area (Å²) in [5, 5.41) is 17.4. The van der Waals surface area contributed by atoms with Gasteiger partial charge in [-0.15, -0.1) is 0 Å². The van der Waals surface area contributed by atoms with Crippen LogP contribution >= 0.6 is 23.2 Å². The van der Waals surface area contributed by atoms with Gasteiger partial charge >= 0.3 is 0 Å². The smallest absolute Gasteiger partial charge is 0.278 e. The number of ether oxygens (including phenoxy) is 2. The number of aliphatic hydroxyl groups is 1. The maximum Gasteiger partial charge on any atom is 0.278 e. The summed E-state index contributed by atoms with van der Waals surface area (Å²) in [4.78, 5) is 19.7. The average Bonchev–Trinajstić information content (AvgIpc) is 3.12. The third kappa shape index (κ3) is 4.54. The Labute approximate surface area is 175 Å². The number of benzene rings is 1. The maximum atomic E-state index is 12.6. The van der Waals surface area contributed by atoms with Crippen LogP contribution in [0.3, 0.4) is 0 Å². The van der Waals surface area contributed by atoms with Gasteiger partial charge in [0.05, 0.1) is 42.6 Å². The molecule has 154 valence electrons. The van der Waals surface area contributed by atoms with E-state index in [-0.39, 0.29) is 24.4 Å². The van der Waals surface area contributed by atoms with Crippen molar-refractivity contribution in [1.29, 1.82) is 0 Å². The number of hydrogen-bond acceptors (Lipinski definition) is 7. The third-order valence-corrected chi connectivity index (χ3v) is 5.30. The number of aromatic nitrogens is 4. The predicted octanol–water partition coefficient (Wildman–Crippen LogP) is 1.81. The highest BCUT2D eigenvalue weighted by Gasteiger charge is 2.23. The van der Waals surface area contributed by atoms with Gasteiger partial charge in [0.25, 0.3) is 5.56 Å². The second-order valence-corrected chi connectivity index (χ2v) is 7.48. The Kier molecular flexibility index (Phi) is 6.02. The number of H-pyrrole nitrogens is 1. The molecular weight excluding hydrogens is 421 g/mol. The molecule has 0 saturated carbocycles. The van der Waals surface area contributed by atoms with E-state index in [0.29, 0.717) is 53.3 Å². The van der Waals surface area contributed by atoms with Gasteiger partial charge in [0.2, 0.25) is 5.95 Å². The lowest BCUT2D eigenvalue weighted by Gasteiger charge is -2.28. The molecule has 4 rings (SSSR count). The van der Waals surface area contributed by atoms with E-state index in [0.717, 1.165) is 5.56 Å². The summed E-state index contributed by atoms with van der Waals surface area (Å²) in [7, 11) is 0. The van der Waals surface area contributed by atoms with E-state index < -0.39 is 0 Å². The van der Waals surface area contributed by atoms with Crippen molar-refractivity contribution < 1.29 is 14.6 Å². The van der Waals surface area contributed by atoms with E-state index in [1.165, 1.54) is 6.20 Å². The van der Waals surface area contributed by atoms with Gasteiger partial charge in [-0.3, -0.25) is 14.5 Å². The van der Waals surface area contributed by atoms with E-state index in [4.69, 9.17) is 37.8 Å². The molecule has 1 aliphatic heterocycles. The topological polar surface area (TPSA) is 114 Å². The van der Waals surface area contributed by atoms with Gasteiger partial charge in [0.15, 0.2) is 5.52 Å². The highest BCUT2D eigenvalue weighted by Crippen LogP contribution is 2.23. The summed E-state index contributed by atoms with van der Waals surface area (Å²) >= 11 is 11.9. The van der Waals surface area contributed by atoms with Gasteiger partial charge in [-0.05, 0) is 17.7 Å². The largest absolute Gasteiger partial charge is 0.394 e. The van der Waals surface area contributed by atoms with Crippen LogP contribution in [0.2, 0.25) is 10.0 Å². The Hall–Kier alpha value is -2.17. The van der Waals surface area contributed by atoms with Gasteiger partial charge < -0.3 is 19.9 Å². The van der Waals surface area contributed by atoms with Crippen LogP contribution in [0.25, 0.3) is 11.0 Å². The number of nitrogens with one attached hydrogen (secondary N) is 2. The van der Waals surface area contributed by atoms with Gasteiger partial charge in [-0.2, -0.15) is 5.10 Å². The van der Waals surface area contributed by atoms with Gasteiger partial charge in [0, 0.05) is 6.54 Å². The van der Waals surface area contributed by atoms with Crippen molar-refractivity contribution in [3.05, 3.63) is 50.4 Å². The predicted molar refractivity (Wildman–Crippen MR) is 109 cm³/mol. The molecule has 2 aromatic heterocycles. The van der Waals surface area contributed by atoms with Crippen molar-refractivity contribution >= 4 is 40.2 Å². The monoisotopic (exact) mass is 439 g/mol. The fourth-order valence-corrected chi connectivity index (χ4v) is 3.37. The molecule has 1 fully saturated rings. The Balaban J connectivity index is 1.47. The molecule has 1 aliphatic rings. The van der Waals surface area contributed by atoms with E-state index in [9.17, 15) is 4.79 Å². The summed E-state index contributed by atoms with van der Waals surface area (Å²) in [5.74, 6) is 0.330. The molecule has 1 saturated heterocycles. The lowest BCUT2D eigenvalue weighted by Crippen LogP contribution is -2.40. The molecule has 1 aromatic carbocycles. The van der Waals surface area contributed by atoms with Crippen molar-refractivity contribution in [3.63, 3.8) is 0 Å². The van der Waals surface area contributed by atoms with Crippen LogP contribution in [0, 0.1) is 0 Å². The molecule has 3 N–H and O–H groups in total. The van der Waals surface area contributed by atoms with Crippen molar-refractivity contribution in [1.82, 2.24) is 19.7 Å². The molecule has 3 aromatic rings. The molecule has 0 bridgehead atoms. The number of nitrogens with zero attached hydrogens (tertiary/aromatic N) is 3. The Bertz CT molecular complexity index is 1060. The third-order valence-electron chi connectivity index (χ3n) is 4.56. The molecule has 3 heterocycles. The SMILES string of the molecule is O=c1[nH]c(NCc2ccc(Cl)c(Cl)c2)nc2cnn(C[C@@H]3CO[C@H](CO)CO3)c12. The van der Waals surface area contributed by atoms with Crippen LogP contribution in [0.4, 0.5) is 5.95 Å². The first-order valence-electron chi connectivity index (χ1n) is 9.01. The van der Waals surface area contributed by atoms with Crippen LogP contribution in [0.15, 0.2) is 29.2 Å². The molecule has 11 heteroatoms. The molecule has 0 spiro atoms. The van der Waals surface area contributed by atoms with Crippen molar-refractivity contribution in [2.24, 2.45) is 0 Å². The summed E-state index contributed by atoms with van der Waals surface area (Å²) in [5.41, 5.74) is 1.41. The van der Waals surface area contributed by atoms with Gasteiger partial charge in [0.1, 0.15) is 17.7 Å². The van der Waals surface area contributed by atoms with Gasteiger partial charge in [-0.1, -0.05) is 29.3 Å². The number of hydrogen-bond donors (Lipinski definition) is 3. The fraction of sp³-hybridized carbons (Fsp3) is 0.389. The zero-order chi connectivity index (χ0) is 20.4. The second kappa shape index (κ2) is 8.68. The lowest BCUT2D eigenvalue weighted by molar-refractivity contribution is -0.148. The highest BCUT2D eigenvalue weighted by molar-refractivity contribution is 6.42. The first-order valence-corrected chi connectivity index (χ1v) is 9.77. The van der Waals surface area contributed by atoms with Crippen LogP contribution in [-0.4, -0.2) is 56.9 Å². The average molecular weight is 440 g/mol. The molecule has 29 heavy (non-hydrogen) atoms. The normalized spacial score (nSPS) is 19.6. The Morgan fingerprint density at radius 1 is 1.24 bits per heavy atom. The Morgan fingerprint density at radius 2 is 2.03 bits per heavy atom. The molecule has 9 nitrogen and oxygen atoms in total. The van der Waals surface area contributed by atoms with Crippen LogP contribution < -0.4 is 10.9 Å². The maximum absolute atomic E-state index is 12.6. The number of aromatic amines is 1. The van der Waals surface area contributed by atoms with Crippen molar-refractivity contribution in [2.75, 3.05) is 25.1 Å². The van der Waals surface area contributed by atoms with E-state index >= 15 is 0 Å². The van der Waals surface area contributed by atoms with E-state index in [1.54, 1.807) is 16.8 Å². The quantitative estimate of drug-likeness (QED) is 0.536.